The topological polar surface area (TPSA) is 219 Å². The summed E-state index contributed by atoms with van der Waals surface area (Å²) in [4.78, 5) is 70.7. The van der Waals surface area contributed by atoms with Gasteiger partial charge in [-0.25, -0.2) is 14.8 Å². The summed E-state index contributed by atoms with van der Waals surface area (Å²) in [5.74, 6) is -4.86. The van der Waals surface area contributed by atoms with Gasteiger partial charge in [-0.1, -0.05) is 25.2 Å². The molecule has 4 aromatic heterocycles. The maximum absolute atomic E-state index is 13.3. The molecular weight excluding hydrogens is 811 g/mol. The molecule has 0 unspecified atom stereocenters. The Morgan fingerprint density at radius 3 is 1.88 bits per heavy atom. The van der Waals surface area contributed by atoms with Crippen LogP contribution in [0.15, 0.2) is 24.5 Å². The summed E-state index contributed by atoms with van der Waals surface area (Å²) < 4.78 is 74.5. The molecule has 4 heterocycles. The number of thiazole rings is 2. The molecule has 0 aliphatic heterocycles. The van der Waals surface area contributed by atoms with Crippen LogP contribution in [0, 0.1) is 5.92 Å². The molecule has 0 bridgehead atoms. The van der Waals surface area contributed by atoms with Crippen LogP contribution in [0.25, 0.3) is 0 Å². The van der Waals surface area contributed by atoms with Gasteiger partial charge in [0, 0.05) is 37.9 Å². The van der Waals surface area contributed by atoms with Crippen LogP contribution in [-0.4, -0.2) is 92.1 Å². The molecule has 0 aliphatic rings. The van der Waals surface area contributed by atoms with E-state index in [-0.39, 0.29) is 39.5 Å². The number of carbonyl (C=O) groups excluding carboxylic acids is 4. The number of aromatic nitrogens is 4. The lowest BCUT2D eigenvalue weighted by molar-refractivity contribution is -0.192. The van der Waals surface area contributed by atoms with Gasteiger partial charge in [0.05, 0.1) is 11.4 Å². The van der Waals surface area contributed by atoms with Crippen LogP contribution in [0.3, 0.4) is 0 Å². The Kier molecular flexibility index (Phi) is 15.4. The summed E-state index contributed by atoms with van der Waals surface area (Å²) in [7, 11) is 7.05. The summed E-state index contributed by atoms with van der Waals surface area (Å²) >= 11 is 1.63. The molecule has 0 spiro atoms. The number of amides is 4. The molecular formula is C33H40F6N10O6S2. The molecule has 57 heavy (non-hydrogen) atoms. The SMILES string of the molecule is CC(C)CCc1sc(NC(=O)c2cc(NC(=O)c3cc(NC(=O)c4sc(N)nc4C(F)(F)F)cn3C)cn2C)nc1C(=O)NCCCN(C)C.O=C(O)C(F)(F)F. The fraction of sp³-hybridized carbons (Fsp3) is 0.424. The normalized spacial score (nSPS) is 11.6. The highest BCUT2D eigenvalue weighted by Crippen LogP contribution is 2.36. The van der Waals surface area contributed by atoms with Crippen molar-refractivity contribution in [2.45, 2.75) is 45.5 Å². The van der Waals surface area contributed by atoms with Crippen molar-refractivity contribution in [3.05, 3.63) is 57.1 Å². The van der Waals surface area contributed by atoms with Gasteiger partial charge in [-0.2, -0.15) is 26.3 Å². The summed E-state index contributed by atoms with van der Waals surface area (Å²) in [6.07, 6.45) is -4.84. The number of halogens is 6. The number of aliphatic carboxylic acids is 1. The molecule has 0 saturated heterocycles. The van der Waals surface area contributed by atoms with Crippen LogP contribution in [0.4, 0.5) is 48.0 Å². The molecule has 24 heteroatoms. The molecule has 0 radical (unpaired) electrons. The number of nitrogens with zero attached hydrogens (tertiary/aromatic N) is 5. The van der Waals surface area contributed by atoms with E-state index in [9.17, 15) is 45.5 Å². The molecule has 4 amide bonds. The highest BCUT2D eigenvalue weighted by Gasteiger charge is 2.40. The number of carboxylic acids is 1. The Morgan fingerprint density at radius 1 is 0.860 bits per heavy atom. The third kappa shape index (κ3) is 13.3. The lowest BCUT2D eigenvalue weighted by atomic mass is 10.1. The predicted octanol–water partition coefficient (Wildman–Crippen LogP) is 5.54. The van der Waals surface area contributed by atoms with Crippen LogP contribution in [-0.2, 0) is 31.5 Å². The van der Waals surface area contributed by atoms with Gasteiger partial charge in [0.25, 0.3) is 23.6 Å². The Morgan fingerprint density at radius 2 is 1.39 bits per heavy atom. The third-order valence-electron chi connectivity index (χ3n) is 7.50. The zero-order chi connectivity index (χ0) is 43.0. The predicted molar refractivity (Wildman–Crippen MR) is 201 cm³/mol. The Labute approximate surface area is 329 Å². The van der Waals surface area contributed by atoms with Gasteiger partial charge in [-0.3, -0.25) is 24.5 Å². The minimum Gasteiger partial charge on any atom is -0.475 e. The van der Waals surface area contributed by atoms with Crippen molar-refractivity contribution in [2.24, 2.45) is 20.0 Å². The number of aryl methyl sites for hydroxylation is 3. The molecule has 4 rings (SSSR count). The number of carbonyl (C=O) groups is 5. The average Bonchev–Trinajstić information content (AvgIpc) is 3.86. The fourth-order valence-electron chi connectivity index (χ4n) is 4.80. The molecule has 0 saturated carbocycles. The van der Waals surface area contributed by atoms with Gasteiger partial charge < -0.3 is 40.8 Å². The molecule has 7 N–H and O–H groups in total. The first-order valence-corrected chi connectivity index (χ1v) is 18.3. The van der Waals surface area contributed by atoms with E-state index < -0.39 is 51.7 Å². The third-order valence-corrected chi connectivity index (χ3v) is 9.42. The minimum absolute atomic E-state index is 0.0636. The Balaban J connectivity index is 0.00000113. The average molecular weight is 851 g/mol. The van der Waals surface area contributed by atoms with Crippen molar-refractivity contribution >= 4 is 73.9 Å². The summed E-state index contributed by atoms with van der Waals surface area (Å²) in [5.41, 5.74) is 4.90. The van der Waals surface area contributed by atoms with E-state index in [0.717, 1.165) is 24.3 Å². The van der Waals surface area contributed by atoms with Crippen LogP contribution in [0.2, 0.25) is 0 Å². The number of rotatable bonds is 14. The monoisotopic (exact) mass is 850 g/mol. The molecule has 0 fully saturated rings. The quantitative estimate of drug-likeness (QED) is 0.0688. The van der Waals surface area contributed by atoms with Crippen LogP contribution >= 0.6 is 22.7 Å². The van der Waals surface area contributed by atoms with Gasteiger partial charge in [-0.15, -0.1) is 11.3 Å². The van der Waals surface area contributed by atoms with E-state index in [2.05, 4.69) is 45.1 Å². The Hall–Kier alpha value is -5.49. The van der Waals surface area contributed by atoms with Gasteiger partial charge in [0.15, 0.2) is 16.0 Å². The summed E-state index contributed by atoms with van der Waals surface area (Å²) in [5, 5.41) is 17.7. The fourth-order valence-corrected chi connectivity index (χ4v) is 6.51. The van der Waals surface area contributed by atoms with Gasteiger partial charge in [-0.05, 0) is 58.0 Å². The first kappa shape index (κ1) is 45.9. The lowest BCUT2D eigenvalue weighted by Gasteiger charge is -2.10. The van der Waals surface area contributed by atoms with Crippen molar-refractivity contribution < 1.29 is 55.4 Å². The molecule has 16 nitrogen and oxygen atoms in total. The molecule has 312 valence electrons. The van der Waals surface area contributed by atoms with E-state index in [0.29, 0.717) is 30.2 Å². The van der Waals surface area contributed by atoms with Crippen molar-refractivity contribution in [3.8, 4) is 0 Å². The largest absolute Gasteiger partial charge is 0.490 e. The highest BCUT2D eigenvalue weighted by atomic mass is 32.1. The Bertz CT molecular complexity index is 2080. The minimum atomic E-state index is -5.08. The number of carboxylic acid groups (broad SMARTS) is 1. The van der Waals surface area contributed by atoms with Crippen molar-refractivity contribution in [1.82, 2.24) is 29.3 Å². The van der Waals surface area contributed by atoms with E-state index >= 15 is 0 Å². The number of alkyl halides is 6. The second-order valence-electron chi connectivity index (χ2n) is 13.0. The first-order valence-electron chi connectivity index (χ1n) is 16.7. The molecule has 4 aromatic rings. The first-order chi connectivity index (χ1) is 26.4. The zero-order valence-electron chi connectivity index (χ0n) is 31.3. The second-order valence-corrected chi connectivity index (χ2v) is 15.1. The number of nitrogens with two attached hydrogens (primary N) is 1. The van der Waals surface area contributed by atoms with E-state index in [1.54, 1.807) is 7.05 Å². The highest BCUT2D eigenvalue weighted by molar-refractivity contribution is 7.17. The van der Waals surface area contributed by atoms with Crippen LogP contribution in [0.5, 0.6) is 0 Å². The van der Waals surface area contributed by atoms with Gasteiger partial charge >= 0.3 is 18.3 Å². The van der Waals surface area contributed by atoms with Crippen molar-refractivity contribution in [1.29, 1.82) is 0 Å². The number of hydrogen-bond donors (Lipinski definition) is 6. The van der Waals surface area contributed by atoms with E-state index in [4.69, 9.17) is 15.6 Å². The molecule has 0 atom stereocenters. The zero-order valence-corrected chi connectivity index (χ0v) is 32.9. The van der Waals surface area contributed by atoms with Crippen LogP contribution in [0.1, 0.15) is 78.4 Å². The van der Waals surface area contributed by atoms with Gasteiger partial charge in [0.2, 0.25) is 0 Å². The standard InChI is InChI=1S/C31H39F3N10O4S2.C2HF3O2/c1-16(2)8-9-21-22(27(47)36-10-7-11-42(3)4)39-30(49-21)41-26(46)20-12-17(14-44(20)6)37-25(45)19-13-18(15-43(19)5)38-28(48)23-24(31(32,33)34)40-29(35)50-23;3-2(4,5)1(6)7/h12-16H,7-11H2,1-6H3,(H2,35,40)(H,36,47)(H,37,45)(H,38,48)(H,39,41,46);(H,6,7). The lowest BCUT2D eigenvalue weighted by Crippen LogP contribution is -2.28. The summed E-state index contributed by atoms with van der Waals surface area (Å²) in [6.45, 7) is 5.48. The van der Waals surface area contributed by atoms with E-state index in [1.807, 2.05) is 19.0 Å². The van der Waals surface area contributed by atoms with Crippen LogP contribution < -0.4 is 27.0 Å². The maximum atomic E-state index is 13.3. The number of anilines is 4. The van der Waals surface area contributed by atoms with Crippen molar-refractivity contribution in [3.63, 3.8) is 0 Å². The molecule has 0 aromatic carbocycles. The van der Waals surface area contributed by atoms with E-state index in [1.165, 1.54) is 52.0 Å². The van der Waals surface area contributed by atoms with Crippen molar-refractivity contribution in [2.75, 3.05) is 48.9 Å². The number of nitrogens with one attached hydrogen (secondary N) is 4. The molecule has 0 aliphatic carbocycles. The van der Waals surface area contributed by atoms with Gasteiger partial charge in [0.1, 0.15) is 22.0 Å². The second kappa shape index (κ2) is 19.1. The smallest absolute Gasteiger partial charge is 0.475 e. The number of nitrogen functional groups attached to an aromatic ring is 1. The summed E-state index contributed by atoms with van der Waals surface area (Å²) in [6, 6.07) is 2.74. The maximum Gasteiger partial charge on any atom is 0.490 e. The number of hydrogen-bond acceptors (Lipinski definition) is 11.